The molecule has 1 atom stereocenters. The average molecular weight is 155 g/mol. The van der Waals surface area contributed by atoms with Gasteiger partial charge in [0.2, 0.25) is 0 Å². The van der Waals surface area contributed by atoms with Crippen LogP contribution in [0.2, 0.25) is 0 Å². The van der Waals surface area contributed by atoms with E-state index in [1.165, 1.54) is 0 Å². The molecule has 0 aromatic carbocycles. The van der Waals surface area contributed by atoms with Crippen molar-refractivity contribution in [3.05, 3.63) is 12.2 Å². The summed E-state index contributed by atoms with van der Waals surface area (Å²) in [5.74, 6) is 0.662. The van der Waals surface area contributed by atoms with Gasteiger partial charge in [-0.1, -0.05) is 26.0 Å². The molecule has 0 aliphatic rings. The van der Waals surface area contributed by atoms with Crippen LogP contribution in [0, 0.1) is 5.92 Å². The summed E-state index contributed by atoms with van der Waals surface area (Å²) >= 11 is 0. The van der Waals surface area contributed by atoms with E-state index < -0.39 is 0 Å². The number of allylic oxidation sites excluding steroid dienone is 1. The van der Waals surface area contributed by atoms with Crippen molar-refractivity contribution in [1.82, 2.24) is 5.32 Å². The van der Waals surface area contributed by atoms with Crippen LogP contribution in [0.15, 0.2) is 12.2 Å². The lowest BCUT2D eigenvalue weighted by Crippen LogP contribution is -2.29. The van der Waals surface area contributed by atoms with E-state index in [1.54, 1.807) is 14.0 Å². The Morgan fingerprint density at radius 2 is 1.91 bits per heavy atom. The van der Waals surface area contributed by atoms with Crippen LogP contribution in [-0.2, 0) is 4.79 Å². The number of ketones is 1. The van der Waals surface area contributed by atoms with Gasteiger partial charge in [0, 0.05) is 0 Å². The number of rotatable bonds is 4. The molecule has 0 rings (SSSR count). The third-order valence-electron chi connectivity index (χ3n) is 1.44. The molecule has 0 aliphatic heterocycles. The second-order valence-corrected chi connectivity index (χ2v) is 3.01. The summed E-state index contributed by atoms with van der Waals surface area (Å²) in [5.41, 5.74) is 0. The van der Waals surface area contributed by atoms with Gasteiger partial charge >= 0.3 is 0 Å². The molecule has 1 N–H and O–H groups in total. The van der Waals surface area contributed by atoms with E-state index in [2.05, 4.69) is 19.2 Å². The predicted octanol–water partition coefficient (Wildman–Crippen LogP) is 1.38. The van der Waals surface area contributed by atoms with Crippen LogP contribution in [0.4, 0.5) is 0 Å². The number of carbonyl (C=O) groups excluding carboxylic acids is 1. The van der Waals surface area contributed by atoms with Gasteiger partial charge in [-0.2, -0.15) is 0 Å². The SMILES string of the molecule is CNC(C=CC(C)C)C(C)=O. The third kappa shape index (κ3) is 4.73. The molecule has 0 amide bonds. The molecule has 11 heavy (non-hydrogen) atoms. The van der Waals surface area contributed by atoms with Crippen molar-refractivity contribution >= 4 is 5.78 Å². The van der Waals surface area contributed by atoms with E-state index in [9.17, 15) is 4.79 Å². The fourth-order valence-corrected chi connectivity index (χ4v) is 0.768. The number of carbonyl (C=O) groups is 1. The van der Waals surface area contributed by atoms with E-state index in [-0.39, 0.29) is 11.8 Å². The summed E-state index contributed by atoms with van der Waals surface area (Å²) in [5, 5.41) is 2.92. The van der Waals surface area contributed by atoms with Crippen molar-refractivity contribution in [2.75, 3.05) is 7.05 Å². The largest absolute Gasteiger partial charge is 0.307 e. The Morgan fingerprint density at radius 1 is 1.36 bits per heavy atom. The molecular weight excluding hydrogens is 138 g/mol. The Morgan fingerprint density at radius 3 is 2.18 bits per heavy atom. The lowest BCUT2D eigenvalue weighted by atomic mass is 10.1. The maximum Gasteiger partial charge on any atom is 0.150 e. The number of likely N-dealkylation sites (N-methyl/N-ethyl adjacent to an activating group) is 1. The molecule has 2 nitrogen and oxygen atoms in total. The molecule has 0 aliphatic carbocycles. The van der Waals surface area contributed by atoms with E-state index in [1.807, 2.05) is 12.2 Å². The molecule has 0 heterocycles. The van der Waals surface area contributed by atoms with Crippen molar-refractivity contribution in [2.45, 2.75) is 26.8 Å². The number of nitrogens with one attached hydrogen (secondary N) is 1. The first-order valence-electron chi connectivity index (χ1n) is 3.94. The standard InChI is InChI=1S/C9H17NO/c1-7(2)5-6-9(10-4)8(3)11/h5-7,9-10H,1-4H3. The van der Waals surface area contributed by atoms with E-state index in [0.717, 1.165) is 0 Å². The van der Waals surface area contributed by atoms with Crippen molar-refractivity contribution in [3.63, 3.8) is 0 Å². The molecule has 1 unspecified atom stereocenters. The van der Waals surface area contributed by atoms with Crippen molar-refractivity contribution < 1.29 is 4.79 Å². The van der Waals surface area contributed by atoms with Gasteiger partial charge in [-0.25, -0.2) is 0 Å². The van der Waals surface area contributed by atoms with Crippen LogP contribution in [0.25, 0.3) is 0 Å². The lowest BCUT2D eigenvalue weighted by Gasteiger charge is -2.06. The minimum absolute atomic E-state index is 0.114. The number of hydrogen-bond donors (Lipinski definition) is 1. The second kappa shape index (κ2) is 5.08. The van der Waals surface area contributed by atoms with Crippen molar-refractivity contribution in [3.8, 4) is 0 Å². The molecule has 64 valence electrons. The lowest BCUT2D eigenvalue weighted by molar-refractivity contribution is -0.117. The van der Waals surface area contributed by atoms with Crippen LogP contribution in [0.1, 0.15) is 20.8 Å². The van der Waals surface area contributed by atoms with Crippen LogP contribution >= 0.6 is 0 Å². The second-order valence-electron chi connectivity index (χ2n) is 3.01. The van der Waals surface area contributed by atoms with Gasteiger partial charge in [0.25, 0.3) is 0 Å². The highest BCUT2D eigenvalue weighted by molar-refractivity contribution is 5.83. The number of hydrogen-bond acceptors (Lipinski definition) is 2. The Bertz CT molecular complexity index is 150. The summed E-state index contributed by atoms with van der Waals surface area (Å²) in [4.78, 5) is 10.9. The first-order valence-corrected chi connectivity index (χ1v) is 3.94. The fourth-order valence-electron chi connectivity index (χ4n) is 0.768. The zero-order valence-corrected chi connectivity index (χ0v) is 7.72. The first-order chi connectivity index (χ1) is 5.07. The fraction of sp³-hybridized carbons (Fsp3) is 0.667. The molecular formula is C9H17NO. The Balaban J connectivity index is 3.97. The topological polar surface area (TPSA) is 29.1 Å². The molecule has 0 radical (unpaired) electrons. The third-order valence-corrected chi connectivity index (χ3v) is 1.44. The molecule has 0 fully saturated rings. The molecule has 2 heteroatoms. The predicted molar refractivity (Wildman–Crippen MR) is 47.5 cm³/mol. The van der Waals surface area contributed by atoms with E-state index in [0.29, 0.717) is 5.92 Å². The highest BCUT2D eigenvalue weighted by Gasteiger charge is 2.05. The normalized spacial score (nSPS) is 14.3. The summed E-state index contributed by atoms with van der Waals surface area (Å²) in [6.07, 6.45) is 3.94. The van der Waals surface area contributed by atoms with Gasteiger partial charge in [0.15, 0.2) is 5.78 Å². The van der Waals surface area contributed by atoms with Gasteiger partial charge in [0.1, 0.15) is 0 Å². The van der Waals surface area contributed by atoms with Gasteiger partial charge < -0.3 is 5.32 Å². The smallest absolute Gasteiger partial charge is 0.150 e. The highest BCUT2D eigenvalue weighted by atomic mass is 16.1. The molecule has 0 aromatic rings. The quantitative estimate of drug-likeness (QED) is 0.621. The van der Waals surface area contributed by atoms with E-state index in [4.69, 9.17) is 0 Å². The molecule has 0 spiro atoms. The Hall–Kier alpha value is -0.630. The molecule has 0 aromatic heterocycles. The van der Waals surface area contributed by atoms with Gasteiger partial charge in [0.05, 0.1) is 6.04 Å². The molecule has 0 saturated heterocycles. The van der Waals surface area contributed by atoms with Crippen LogP contribution in [0.5, 0.6) is 0 Å². The maximum atomic E-state index is 10.9. The Labute approximate surface area is 68.7 Å². The zero-order chi connectivity index (χ0) is 8.85. The minimum Gasteiger partial charge on any atom is -0.307 e. The van der Waals surface area contributed by atoms with Crippen LogP contribution in [-0.4, -0.2) is 18.9 Å². The van der Waals surface area contributed by atoms with Crippen LogP contribution in [0.3, 0.4) is 0 Å². The first kappa shape index (κ1) is 10.4. The summed E-state index contributed by atoms with van der Waals surface area (Å²) in [6.45, 7) is 5.76. The Kier molecular flexibility index (Phi) is 4.79. The summed E-state index contributed by atoms with van der Waals surface area (Å²) in [7, 11) is 1.79. The zero-order valence-electron chi connectivity index (χ0n) is 7.72. The van der Waals surface area contributed by atoms with E-state index >= 15 is 0 Å². The average Bonchev–Trinajstić information content (AvgIpc) is 1.87. The highest BCUT2D eigenvalue weighted by Crippen LogP contribution is 1.96. The summed E-state index contributed by atoms with van der Waals surface area (Å²) < 4.78 is 0. The van der Waals surface area contributed by atoms with Gasteiger partial charge in [-0.15, -0.1) is 0 Å². The van der Waals surface area contributed by atoms with Gasteiger partial charge in [-0.3, -0.25) is 4.79 Å². The van der Waals surface area contributed by atoms with Crippen molar-refractivity contribution in [1.29, 1.82) is 0 Å². The molecule has 0 bridgehead atoms. The monoisotopic (exact) mass is 155 g/mol. The molecule has 0 saturated carbocycles. The number of Topliss-reactive ketones (excluding diaryl/α,β-unsaturated/α-hetero) is 1. The summed E-state index contributed by atoms with van der Waals surface area (Å²) in [6, 6.07) is -0.114. The maximum absolute atomic E-state index is 10.9. The van der Waals surface area contributed by atoms with Gasteiger partial charge in [-0.05, 0) is 19.9 Å². The van der Waals surface area contributed by atoms with Crippen LogP contribution < -0.4 is 5.32 Å². The minimum atomic E-state index is -0.114. The van der Waals surface area contributed by atoms with Crippen molar-refractivity contribution in [2.24, 2.45) is 5.92 Å².